The average molecular weight is 426 g/mol. The van der Waals surface area contributed by atoms with Gasteiger partial charge in [0.15, 0.2) is 5.54 Å². The molecular weight excluding hydrogens is 410 g/mol. The Hall–Kier alpha value is -3.31. The highest BCUT2D eigenvalue weighted by Crippen LogP contribution is 2.72. The number of amides is 2. The second-order valence-corrected chi connectivity index (χ2v) is 9.12. The fourth-order valence-corrected chi connectivity index (χ4v) is 6.69. The molecule has 1 saturated heterocycles. The fraction of sp³-hybridized carbons (Fsp3) is 0.200. The highest BCUT2D eigenvalue weighted by atomic mass is 35.5. The third-order valence-corrected chi connectivity index (χ3v) is 7.79. The summed E-state index contributed by atoms with van der Waals surface area (Å²) in [7, 11) is 0. The van der Waals surface area contributed by atoms with Gasteiger partial charge in [-0.3, -0.25) is 9.59 Å². The van der Waals surface area contributed by atoms with Crippen LogP contribution in [0.5, 0.6) is 0 Å². The normalized spacial score (nSPS) is 31.5. The number of azo groups is 1. The van der Waals surface area contributed by atoms with Crippen molar-refractivity contribution in [2.45, 2.75) is 17.4 Å². The number of hydrogen-bond acceptors (Lipinski definition) is 4. The van der Waals surface area contributed by atoms with Crippen LogP contribution in [0, 0.1) is 5.41 Å². The van der Waals surface area contributed by atoms with Crippen LogP contribution < -0.4 is 4.90 Å². The molecule has 2 amide bonds. The molecule has 2 bridgehead atoms. The van der Waals surface area contributed by atoms with Crippen molar-refractivity contribution < 1.29 is 9.59 Å². The van der Waals surface area contributed by atoms with Crippen molar-refractivity contribution in [1.29, 1.82) is 0 Å². The molecule has 0 radical (unpaired) electrons. The molecule has 0 saturated carbocycles. The van der Waals surface area contributed by atoms with Gasteiger partial charge in [-0.05, 0) is 40.5 Å². The highest BCUT2D eigenvalue weighted by Gasteiger charge is 2.82. The van der Waals surface area contributed by atoms with Crippen molar-refractivity contribution in [3.05, 3.63) is 100 Å². The molecule has 1 fully saturated rings. The van der Waals surface area contributed by atoms with Gasteiger partial charge in [-0.15, -0.1) is 0 Å². The van der Waals surface area contributed by atoms with Gasteiger partial charge in [0, 0.05) is 16.9 Å². The van der Waals surface area contributed by atoms with Crippen molar-refractivity contribution in [3.8, 4) is 0 Å². The zero-order valence-corrected chi connectivity index (χ0v) is 17.1. The summed E-state index contributed by atoms with van der Waals surface area (Å²) in [5, 5.41) is 9.49. The van der Waals surface area contributed by atoms with Crippen molar-refractivity contribution >= 4 is 29.1 Å². The summed E-state index contributed by atoms with van der Waals surface area (Å²) in [6.45, 7) is 0.207. The van der Waals surface area contributed by atoms with Crippen LogP contribution >= 0.6 is 11.6 Å². The topological polar surface area (TPSA) is 62.1 Å². The van der Waals surface area contributed by atoms with Gasteiger partial charge in [0.25, 0.3) is 5.91 Å². The Kier molecular flexibility index (Phi) is 3.07. The summed E-state index contributed by atoms with van der Waals surface area (Å²) < 4.78 is 0. The minimum Gasteiger partial charge on any atom is -0.273 e. The number of nitrogens with zero attached hydrogens (tertiary/aromatic N) is 3. The van der Waals surface area contributed by atoms with Crippen LogP contribution in [0.4, 0.5) is 5.69 Å². The molecule has 2 aliphatic heterocycles. The quantitative estimate of drug-likeness (QED) is 0.531. The van der Waals surface area contributed by atoms with E-state index in [9.17, 15) is 9.59 Å². The van der Waals surface area contributed by atoms with Gasteiger partial charge in [-0.1, -0.05) is 66.2 Å². The van der Waals surface area contributed by atoms with Gasteiger partial charge in [-0.25, -0.2) is 4.90 Å². The molecule has 150 valence electrons. The number of benzene rings is 3. The molecule has 5 aliphatic rings. The molecule has 2 atom stereocenters. The molecule has 0 aromatic heterocycles. The highest BCUT2D eigenvalue weighted by molar-refractivity contribution is 6.32. The summed E-state index contributed by atoms with van der Waals surface area (Å²) in [5.74, 6) is -1.17. The van der Waals surface area contributed by atoms with Crippen molar-refractivity contribution in [1.82, 2.24) is 0 Å². The number of carbonyl (C=O) groups is 2. The summed E-state index contributed by atoms with van der Waals surface area (Å²) >= 11 is 6.21. The summed E-state index contributed by atoms with van der Waals surface area (Å²) in [6.07, 6.45) is 0. The molecule has 2 heterocycles. The Morgan fingerprint density at radius 2 is 1.42 bits per heavy atom. The first-order valence-corrected chi connectivity index (χ1v) is 10.7. The average Bonchev–Trinajstić information content (AvgIpc) is 3.29. The molecule has 3 aliphatic carbocycles. The minimum atomic E-state index is -1.26. The lowest BCUT2D eigenvalue weighted by Gasteiger charge is -2.54. The van der Waals surface area contributed by atoms with Crippen molar-refractivity contribution in [3.63, 3.8) is 0 Å². The number of carbonyl (C=O) groups excluding carboxylic acids is 2. The van der Waals surface area contributed by atoms with Gasteiger partial charge in [0.2, 0.25) is 5.91 Å². The van der Waals surface area contributed by atoms with E-state index in [-0.39, 0.29) is 30.2 Å². The van der Waals surface area contributed by atoms with Gasteiger partial charge in [0.05, 0.1) is 12.2 Å². The van der Waals surface area contributed by atoms with E-state index in [1.807, 2.05) is 24.3 Å². The maximum absolute atomic E-state index is 14.2. The van der Waals surface area contributed by atoms with Gasteiger partial charge >= 0.3 is 0 Å². The van der Waals surface area contributed by atoms with Gasteiger partial charge < -0.3 is 0 Å². The first kappa shape index (κ1) is 17.4. The minimum absolute atomic E-state index is 0.207. The monoisotopic (exact) mass is 425 g/mol. The Bertz CT molecular complexity index is 1320. The van der Waals surface area contributed by atoms with Crippen molar-refractivity contribution in [2.75, 3.05) is 11.4 Å². The van der Waals surface area contributed by atoms with Crippen LogP contribution in [-0.2, 0) is 9.59 Å². The zero-order chi connectivity index (χ0) is 21.0. The Labute approximate surface area is 183 Å². The molecule has 3 aromatic rings. The third kappa shape index (κ3) is 1.70. The molecule has 6 heteroatoms. The maximum atomic E-state index is 14.2. The number of anilines is 1. The third-order valence-electron chi connectivity index (χ3n) is 7.56. The second kappa shape index (κ2) is 5.48. The molecule has 0 spiro atoms. The van der Waals surface area contributed by atoms with Crippen LogP contribution in [0.15, 0.2) is 83.0 Å². The predicted molar refractivity (Wildman–Crippen MR) is 115 cm³/mol. The van der Waals surface area contributed by atoms with Gasteiger partial charge in [0.1, 0.15) is 5.41 Å². The molecule has 2 unspecified atom stereocenters. The second-order valence-electron chi connectivity index (χ2n) is 8.69. The predicted octanol–water partition coefficient (Wildman–Crippen LogP) is 4.70. The van der Waals surface area contributed by atoms with E-state index in [2.05, 4.69) is 34.5 Å². The summed E-state index contributed by atoms with van der Waals surface area (Å²) in [6, 6.07) is 23.2. The maximum Gasteiger partial charge on any atom is 0.265 e. The summed E-state index contributed by atoms with van der Waals surface area (Å²) in [4.78, 5) is 29.7. The van der Waals surface area contributed by atoms with E-state index in [0.29, 0.717) is 10.7 Å². The SMILES string of the molecule is O=C1N(c2cccc(Cl)c2)C(=O)C23N=NCC12C1c2ccccc2C3c2ccccc21. The molecular formula is C25H16ClN3O2. The first-order chi connectivity index (χ1) is 15.1. The van der Waals surface area contributed by atoms with E-state index < -0.39 is 11.0 Å². The van der Waals surface area contributed by atoms with E-state index in [4.69, 9.17) is 11.6 Å². The largest absolute Gasteiger partial charge is 0.273 e. The van der Waals surface area contributed by atoms with E-state index in [1.54, 1.807) is 24.3 Å². The van der Waals surface area contributed by atoms with E-state index in [0.717, 1.165) is 22.3 Å². The Morgan fingerprint density at radius 3 is 2.03 bits per heavy atom. The number of imide groups is 1. The smallest absolute Gasteiger partial charge is 0.265 e. The Balaban J connectivity index is 1.58. The van der Waals surface area contributed by atoms with Crippen LogP contribution in [0.2, 0.25) is 5.02 Å². The summed E-state index contributed by atoms with van der Waals surface area (Å²) in [5.41, 5.74) is 2.50. The number of rotatable bonds is 1. The number of hydrogen-bond donors (Lipinski definition) is 0. The van der Waals surface area contributed by atoms with E-state index >= 15 is 0 Å². The molecule has 5 nitrogen and oxygen atoms in total. The molecule has 31 heavy (non-hydrogen) atoms. The lowest BCUT2D eigenvalue weighted by atomic mass is 9.45. The molecule has 3 aromatic carbocycles. The zero-order valence-electron chi connectivity index (χ0n) is 16.3. The number of halogens is 1. The lowest BCUT2D eigenvalue weighted by molar-refractivity contribution is -0.129. The van der Waals surface area contributed by atoms with Crippen LogP contribution in [-0.4, -0.2) is 23.9 Å². The first-order valence-electron chi connectivity index (χ1n) is 10.3. The fourth-order valence-electron chi connectivity index (χ4n) is 6.51. The van der Waals surface area contributed by atoms with Crippen LogP contribution in [0.25, 0.3) is 0 Å². The lowest BCUT2D eigenvalue weighted by Crippen LogP contribution is -2.61. The molecule has 8 rings (SSSR count). The van der Waals surface area contributed by atoms with Gasteiger partial charge in [-0.2, -0.15) is 10.2 Å². The Morgan fingerprint density at radius 1 is 0.806 bits per heavy atom. The van der Waals surface area contributed by atoms with Crippen LogP contribution in [0.1, 0.15) is 34.1 Å². The molecule has 0 N–H and O–H groups in total. The van der Waals surface area contributed by atoms with E-state index in [1.165, 1.54) is 4.90 Å². The van der Waals surface area contributed by atoms with Crippen LogP contribution in [0.3, 0.4) is 0 Å². The van der Waals surface area contributed by atoms with Crippen molar-refractivity contribution in [2.24, 2.45) is 15.6 Å². The standard InChI is InChI=1S/C25H16ClN3O2/c26-14-6-5-7-15(12-14)29-22(30)24-13-27-28-25(24,23(29)31)21-18-10-3-1-8-16(18)20(24)17-9-2-4-11-19(17)21/h1-12,20-21H,13H2.